The summed E-state index contributed by atoms with van der Waals surface area (Å²) in [7, 11) is 0. The van der Waals surface area contributed by atoms with Crippen LogP contribution in [0.3, 0.4) is 0 Å². The molecule has 66 heavy (non-hydrogen) atoms. The predicted molar refractivity (Wildman–Crippen MR) is 244 cm³/mol. The van der Waals surface area contributed by atoms with Gasteiger partial charge < -0.3 is 68.7 Å². The van der Waals surface area contributed by atoms with E-state index in [0.29, 0.717) is 6.42 Å². The van der Waals surface area contributed by atoms with Crippen LogP contribution in [0, 0.1) is 35.5 Å². The number of hydrogen-bond donors (Lipinski definition) is 13. The van der Waals surface area contributed by atoms with Gasteiger partial charge in [-0.05, 0) is 61.2 Å². The molecule has 0 fully saturated rings. The molecule has 0 saturated carbocycles. The zero-order valence-corrected chi connectivity index (χ0v) is 40.9. The lowest BCUT2D eigenvalue weighted by Crippen LogP contribution is -2.62. The monoisotopic (exact) mass is 944 g/mol. The van der Waals surface area contributed by atoms with E-state index in [4.69, 9.17) is 5.73 Å². The molecule has 0 heterocycles. The molecule has 0 saturated heterocycles. The van der Waals surface area contributed by atoms with Crippen LogP contribution in [0.4, 0.5) is 0 Å². The van der Waals surface area contributed by atoms with Gasteiger partial charge in [-0.25, -0.2) is 4.79 Å². The van der Waals surface area contributed by atoms with Crippen LogP contribution in [-0.4, -0.2) is 148 Å². The lowest BCUT2D eigenvalue weighted by Gasteiger charge is -2.30. The van der Waals surface area contributed by atoms with Crippen molar-refractivity contribution in [2.45, 2.75) is 170 Å². The number of carboxylic acid groups (broad SMARTS) is 1. The maximum atomic E-state index is 14.0. The summed E-state index contributed by atoms with van der Waals surface area (Å²) in [6.07, 6.45) is 0.855. The fraction of sp³-hybridized carbons (Fsp3) is 0.795. The van der Waals surface area contributed by atoms with Crippen molar-refractivity contribution in [1.29, 1.82) is 0 Å². The van der Waals surface area contributed by atoms with Gasteiger partial charge in [0.25, 0.3) is 0 Å². The van der Waals surface area contributed by atoms with Gasteiger partial charge in [0.1, 0.15) is 54.4 Å². The molecule has 0 aromatic rings. The zero-order chi connectivity index (χ0) is 51.2. The van der Waals surface area contributed by atoms with E-state index in [1.165, 1.54) is 0 Å². The lowest BCUT2D eigenvalue weighted by molar-refractivity contribution is -0.143. The second kappa shape index (κ2) is 30.4. The molecule has 0 rings (SSSR count). The van der Waals surface area contributed by atoms with Crippen LogP contribution in [0.5, 0.6) is 0 Å². The third kappa shape index (κ3) is 22.0. The Labute approximate surface area is 389 Å². The number of nitrogens with one attached hydrogen (secondary N) is 8. The number of hydrogen-bond acceptors (Lipinski definition) is 13. The SMILES string of the molecule is CC[C@H](C)[C@H](NC(=O)[C@H](CC(C)C)NC(=O)[C@H](CC(C)C)NC(=O)[C@H](CC(C)C)NC(=O)[C@@H](N)CO)C(=O)N[C@@H](CO)C(=O)N[C@@H](CO)C(=O)N[C@@H](CC(C)C)C(=O)N[C@H](C(=O)O)C(C)C. The maximum absolute atomic E-state index is 14.0. The van der Waals surface area contributed by atoms with E-state index in [9.17, 15) is 63.6 Å². The Morgan fingerprint density at radius 3 is 0.939 bits per heavy atom. The molecule has 8 amide bonds. The molecule has 0 radical (unpaired) electrons. The standard InChI is InChI=1S/C44H81N9O13/c1-13-26(12)35(43(64)51-33(20-56)42(63)50-32(19-55)41(62)49-30(16-23(6)7)39(60)52-34(25(10)11)44(65)66)53-40(61)31(17-24(8)9)48-38(59)29(15-22(4)5)47-37(58)28(14-21(2)3)46-36(57)27(45)18-54/h21-35,54-56H,13-20,45H2,1-12H3,(H,46,57)(H,47,58)(H,48,59)(H,49,62)(H,50,63)(H,51,64)(H,52,60)(H,53,61)(H,65,66)/t26-,27-,28-,29-,30-,31-,32-,33-,34-,35-/m0/s1. The second-order valence-corrected chi connectivity index (χ2v) is 19.0. The molecule has 0 bridgehead atoms. The third-order valence-corrected chi connectivity index (χ3v) is 10.5. The highest BCUT2D eigenvalue weighted by Gasteiger charge is 2.36. The van der Waals surface area contributed by atoms with Crippen LogP contribution in [-0.2, 0) is 43.2 Å². The van der Waals surface area contributed by atoms with Gasteiger partial charge in [0.05, 0.1) is 19.8 Å². The quantitative estimate of drug-likeness (QED) is 0.0363. The van der Waals surface area contributed by atoms with Gasteiger partial charge in [0, 0.05) is 0 Å². The van der Waals surface area contributed by atoms with E-state index < -0.39 is 139 Å². The van der Waals surface area contributed by atoms with Gasteiger partial charge in [-0.15, -0.1) is 0 Å². The Bertz CT molecular complexity index is 1610. The molecule has 0 spiro atoms. The van der Waals surface area contributed by atoms with Crippen LogP contribution < -0.4 is 48.3 Å². The number of aliphatic hydroxyl groups excluding tert-OH is 3. The van der Waals surface area contributed by atoms with Gasteiger partial charge in [-0.2, -0.15) is 0 Å². The number of carboxylic acids is 1. The summed E-state index contributed by atoms with van der Waals surface area (Å²) in [6.45, 7) is 18.4. The molecular formula is C44H81N9O13. The first kappa shape index (κ1) is 61.1. The minimum atomic E-state index is -1.70. The van der Waals surface area contributed by atoms with Gasteiger partial charge >= 0.3 is 5.97 Å². The zero-order valence-electron chi connectivity index (χ0n) is 40.9. The summed E-state index contributed by atoms with van der Waals surface area (Å²) in [5.74, 6) is -9.53. The number of aliphatic carboxylic acids is 1. The highest BCUT2D eigenvalue weighted by molar-refractivity contribution is 5.98. The first-order valence-electron chi connectivity index (χ1n) is 22.9. The van der Waals surface area contributed by atoms with Crippen LogP contribution in [0.25, 0.3) is 0 Å². The Kier molecular flexibility index (Phi) is 28.1. The minimum absolute atomic E-state index is 0.0644. The summed E-state index contributed by atoms with van der Waals surface area (Å²) in [6, 6.07) is -11.9. The number of aliphatic hydroxyl groups is 3. The van der Waals surface area contributed by atoms with Crippen molar-refractivity contribution in [3.05, 3.63) is 0 Å². The van der Waals surface area contributed by atoms with Crippen molar-refractivity contribution in [2.75, 3.05) is 19.8 Å². The van der Waals surface area contributed by atoms with Crippen LogP contribution in [0.2, 0.25) is 0 Å². The topological polar surface area (TPSA) is 357 Å². The maximum Gasteiger partial charge on any atom is 0.326 e. The average molecular weight is 944 g/mol. The Balaban J connectivity index is 6.32. The molecule has 22 nitrogen and oxygen atoms in total. The van der Waals surface area contributed by atoms with Crippen molar-refractivity contribution < 1.29 is 63.6 Å². The third-order valence-electron chi connectivity index (χ3n) is 10.5. The van der Waals surface area contributed by atoms with Crippen molar-refractivity contribution in [3.8, 4) is 0 Å². The predicted octanol–water partition coefficient (Wildman–Crippen LogP) is -1.86. The van der Waals surface area contributed by atoms with Crippen molar-refractivity contribution >= 4 is 53.2 Å². The van der Waals surface area contributed by atoms with E-state index in [0.717, 1.165) is 0 Å². The smallest absolute Gasteiger partial charge is 0.326 e. The molecular weight excluding hydrogens is 863 g/mol. The van der Waals surface area contributed by atoms with Crippen LogP contribution >= 0.6 is 0 Å². The van der Waals surface area contributed by atoms with Crippen molar-refractivity contribution in [1.82, 2.24) is 42.5 Å². The van der Waals surface area contributed by atoms with Gasteiger partial charge in [-0.3, -0.25) is 38.4 Å². The van der Waals surface area contributed by atoms with E-state index in [1.807, 2.05) is 27.7 Å². The second-order valence-electron chi connectivity index (χ2n) is 19.0. The fourth-order valence-electron chi connectivity index (χ4n) is 6.64. The molecule has 0 aliphatic carbocycles. The highest BCUT2D eigenvalue weighted by Crippen LogP contribution is 2.14. The van der Waals surface area contributed by atoms with Crippen LogP contribution in [0.15, 0.2) is 0 Å². The van der Waals surface area contributed by atoms with Gasteiger partial charge in [-0.1, -0.05) is 89.5 Å². The Morgan fingerprint density at radius 2 is 0.667 bits per heavy atom. The van der Waals surface area contributed by atoms with E-state index in [2.05, 4.69) is 42.5 Å². The molecule has 10 atom stereocenters. The van der Waals surface area contributed by atoms with Crippen molar-refractivity contribution in [2.24, 2.45) is 41.2 Å². The van der Waals surface area contributed by atoms with Crippen LogP contribution in [0.1, 0.15) is 115 Å². The molecule has 14 N–H and O–H groups in total. The lowest BCUT2D eigenvalue weighted by atomic mass is 9.96. The number of carbonyl (C=O) groups is 9. The van der Waals surface area contributed by atoms with Gasteiger partial charge in [0.15, 0.2) is 0 Å². The average Bonchev–Trinajstić information content (AvgIpc) is 3.22. The fourth-order valence-corrected chi connectivity index (χ4v) is 6.64. The number of carbonyl (C=O) groups excluding carboxylic acids is 8. The summed E-state index contributed by atoms with van der Waals surface area (Å²) in [5.41, 5.74) is 5.65. The van der Waals surface area contributed by atoms with E-state index >= 15 is 0 Å². The van der Waals surface area contributed by atoms with Gasteiger partial charge in [0.2, 0.25) is 47.3 Å². The molecule has 0 unspecified atom stereocenters. The molecule has 0 aliphatic rings. The minimum Gasteiger partial charge on any atom is -0.480 e. The first-order chi connectivity index (χ1) is 30.6. The number of nitrogens with two attached hydrogens (primary N) is 1. The Morgan fingerprint density at radius 1 is 0.394 bits per heavy atom. The number of amides is 8. The summed E-state index contributed by atoms with van der Waals surface area (Å²) in [4.78, 5) is 119. The van der Waals surface area contributed by atoms with E-state index in [-0.39, 0.29) is 49.4 Å². The van der Waals surface area contributed by atoms with E-state index in [1.54, 1.807) is 55.4 Å². The van der Waals surface area contributed by atoms with Crippen molar-refractivity contribution in [3.63, 3.8) is 0 Å². The largest absolute Gasteiger partial charge is 0.480 e. The summed E-state index contributed by atoms with van der Waals surface area (Å²) >= 11 is 0. The molecule has 22 heteroatoms. The molecule has 380 valence electrons. The highest BCUT2D eigenvalue weighted by atomic mass is 16.4. The number of rotatable bonds is 31. The Hall–Kier alpha value is -4.93. The summed E-state index contributed by atoms with van der Waals surface area (Å²) < 4.78 is 0. The molecule has 0 aromatic carbocycles. The molecule has 0 aromatic heterocycles. The normalized spacial score (nSPS) is 16.1. The molecule has 0 aliphatic heterocycles. The first-order valence-corrected chi connectivity index (χ1v) is 22.9. The summed E-state index contributed by atoms with van der Waals surface area (Å²) in [5, 5.41) is 59.2.